The van der Waals surface area contributed by atoms with Gasteiger partial charge in [0.25, 0.3) is 5.91 Å². The molecule has 0 atom stereocenters. The van der Waals surface area contributed by atoms with E-state index in [2.05, 4.69) is 5.32 Å². The number of Topliss-reactive ketones (excluding diaryl/α,β-unsaturated/α-hetero) is 1. The summed E-state index contributed by atoms with van der Waals surface area (Å²) in [6.45, 7) is 1.28. The number of amides is 1. The van der Waals surface area contributed by atoms with E-state index in [4.69, 9.17) is 4.74 Å². The summed E-state index contributed by atoms with van der Waals surface area (Å²) in [5.74, 6) is 0.0499. The van der Waals surface area contributed by atoms with E-state index >= 15 is 0 Å². The van der Waals surface area contributed by atoms with Crippen LogP contribution in [-0.2, 0) is 18.9 Å². The van der Waals surface area contributed by atoms with Crippen LogP contribution in [0.15, 0.2) is 47.3 Å². The molecular formula is C19H19N3O4. The Morgan fingerprint density at radius 2 is 1.77 bits per heavy atom. The Hall–Kier alpha value is -3.35. The fourth-order valence-corrected chi connectivity index (χ4v) is 2.74. The second-order valence-corrected chi connectivity index (χ2v) is 6.02. The number of carbonyl (C=O) groups excluding carboxylic acids is 2. The highest BCUT2D eigenvalue weighted by Gasteiger charge is 2.10. The molecular weight excluding hydrogens is 334 g/mol. The third-order valence-electron chi connectivity index (χ3n) is 4.17. The predicted molar refractivity (Wildman–Crippen MR) is 98.7 cm³/mol. The van der Waals surface area contributed by atoms with Crippen LogP contribution < -0.4 is 15.7 Å². The summed E-state index contributed by atoms with van der Waals surface area (Å²) >= 11 is 0. The van der Waals surface area contributed by atoms with Gasteiger partial charge in [-0.1, -0.05) is 12.1 Å². The third-order valence-corrected chi connectivity index (χ3v) is 4.17. The number of carbonyl (C=O) groups is 2. The van der Waals surface area contributed by atoms with Crippen molar-refractivity contribution in [3.8, 4) is 5.75 Å². The zero-order valence-electron chi connectivity index (χ0n) is 14.8. The number of hydrogen-bond acceptors (Lipinski definition) is 4. The number of nitrogens with zero attached hydrogens (tertiary/aromatic N) is 2. The molecule has 2 aromatic carbocycles. The molecule has 1 aromatic heterocycles. The van der Waals surface area contributed by atoms with Crippen LogP contribution in [0.25, 0.3) is 11.0 Å². The lowest BCUT2D eigenvalue weighted by Crippen LogP contribution is -2.20. The molecule has 1 heterocycles. The number of ketones is 1. The van der Waals surface area contributed by atoms with Crippen molar-refractivity contribution < 1.29 is 14.3 Å². The number of aromatic nitrogens is 2. The molecule has 0 aliphatic rings. The van der Waals surface area contributed by atoms with Gasteiger partial charge in [-0.25, -0.2) is 4.79 Å². The van der Waals surface area contributed by atoms with Crippen LogP contribution in [0.4, 0.5) is 5.69 Å². The fraction of sp³-hybridized carbons (Fsp3) is 0.211. The molecule has 7 nitrogen and oxygen atoms in total. The van der Waals surface area contributed by atoms with Gasteiger partial charge in [-0.05, 0) is 37.3 Å². The van der Waals surface area contributed by atoms with Gasteiger partial charge < -0.3 is 10.1 Å². The molecule has 0 fully saturated rings. The van der Waals surface area contributed by atoms with E-state index in [1.165, 1.54) is 11.5 Å². The highest BCUT2D eigenvalue weighted by atomic mass is 16.5. The minimum Gasteiger partial charge on any atom is -0.484 e. The van der Waals surface area contributed by atoms with Crippen LogP contribution in [0.1, 0.15) is 17.3 Å². The normalized spacial score (nSPS) is 10.7. The number of aryl methyl sites for hydroxylation is 2. The van der Waals surface area contributed by atoms with Gasteiger partial charge in [-0.15, -0.1) is 0 Å². The van der Waals surface area contributed by atoms with Crippen molar-refractivity contribution >= 4 is 28.4 Å². The Morgan fingerprint density at radius 1 is 1.04 bits per heavy atom. The van der Waals surface area contributed by atoms with Crippen molar-refractivity contribution in [1.29, 1.82) is 0 Å². The molecule has 0 aliphatic carbocycles. The van der Waals surface area contributed by atoms with Crippen LogP contribution in [0.5, 0.6) is 5.75 Å². The fourth-order valence-electron chi connectivity index (χ4n) is 2.74. The quantitative estimate of drug-likeness (QED) is 0.712. The van der Waals surface area contributed by atoms with E-state index < -0.39 is 0 Å². The van der Waals surface area contributed by atoms with E-state index in [0.717, 1.165) is 11.0 Å². The number of fused-ring (bicyclic) bond motifs is 1. The smallest absolute Gasteiger partial charge is 0.328 e. The van der Waals surface area contributed by atoms with Crippen molar-refractivity contribution in [2.75, 3.05) is 11.9 Å². The number of imidazole rings is 1. The molecule has 3 rings (SSSR count). The molecule has 0 bridgehead atoms. The molecule has 1 amide bonds. The first kappa shape index (κ1) is 17.5. The Morgan fingerprint density at radius 3 is 2.50 bits per heavy atom. The summed E-state index contributed by atoms with van der Waals surface area (Å²) < 4.78 is 8.51. The molecule has 0 saturated carbocycles. The highest BCUT2D eigenvalue weighted by molar-refractivity contribution is 5.95. The summed E-state index contributed by atoms with van der Waals surface area (Å²) in [5.41, 5.74) is 2.48. The van der Waals surface area contributed by atoms with Crippen LogP contribution >= 0.6 is 0 Å². The molecule has 26 heavy (non-hydrogen) atoms. The summed E-state index contributed by atoms with van der Waals surface area (Å²) in [4.78, 5) is 35.4. The molecule has 0 saturated heterocycles. The van der Waals surface area contributed by atoms with E-state index in [1.54, 1.807) is 61.1 Å². The maximum Gasteiger partial charge on any atom is 0.328 e. The highest BCUT2D eigenvalue weighted by Crippen LogP contribution is 2.18. The van der Waals surface area contributed by atoms with Crippen molar-refractivity contribution in [3.63, 3.8) is 0 Å². The molecule has 1 N–H and O–H groups in total. The van der Waals surface area contributed by atoms with E-state index in [0.29, 0.717) is 17.0 Å². The summed E-state index contributed by atoms with van der Waals surface area (Å²) in [5, 5.41) is 2.74. The standard InChI is InChI=1S/C19H19N3O4/c1-12(23)13-5-4-6-15(9-13)26-11-18(24)20-14-7-8-16-17(10-14)22(3)19(25)21(16)2/h4-10H,11H2,1-3H3,(H,20,24). The molecule has 3 aromatic rings. The zero-order valence-corrected chi connectivity index (χ0v) is 14.8. The molecule has 0 aliphatic heterocycles. The van der Waals surface area contributed by atoms with Gasteiger partial charge in [-0.2, -0.15) is 0 Å². The van der Waals surface area contributed by atoms with E-state index in [1.807, 2.05) is 0 Å². The Balaban J connectivity index is 1.69. The minimum absolute atomic E-state index is 0.0679. The Labute approximate surface area is 149 Å². The molecule has 0 unspecified atom stereocenters. The summed E-state index contributed by atoms with van der Waals surface area (Å²) in [6, 6.07) is 11.9. The first-order chi connectivity index (χ1) is 12.4. The van der Waals surface area contributed by atoms with Crippen molar-refractivity contribution in [3.05, 3.63) is 58.5 Å². The number of nitrogens with one attached hydrogen (secondary N) is 1. The van der Waals surface area contributed by atoms with Crippen LogP contribution in [0, 0.1) is 0 Å². The lowest BCUT2D eigenvalue weighted by Gasteiger charge is -2.08. The predicted octanol–water partition coefficient (Wildman–Crippen LogP) is 2.10. The minimum atomic E-state index is -0.335. The SMILES string of the molecule is CC(=O)c1cccc(OCC(=O)Nc2ccc3c(c2)n(C)c(=O)n3C)c1. The topological polar surface area (TPSA) is 82.3 Å². The first-order valence-corrected chi connectivity index (χ1v) is 8.06. The number of hydrogen-bond donors (Lipinski definition) is 1. The lowest BCUT2D eigenvalue weighted by atomic mass is 10.1. The zero-order chi connectivity index (χ0) is 18.8. The van der Waals surface area contributed by atoms with Crippen molar-refractivity contribution in [2.24, 2.45) is 14.1 Å². The average Bonchev–Trinajstić information content (AvgIpc) is 2.84. The number of benzene rings is 2. The third kappa shape index (κ3) is 3.37. The van der Waals surface area contributed by atoms with Gasteiger partial charge in [0.15, 0.2) is 12.4 Å². The largest absolute Gasteiger partial charge is 0.484 e. The Bertz CT molecular complexity index is 1060. The maximum atomic E-state index is 12.1. The number of anilines is 1. The van der Waals surface area contributed by atoms with Crippen LogP contribution in [0.3, 0.4) is 0 Å². The first-order valence-electron chi connectivity index (χ1n) is 8.06. The van der Waals surface area contributed by atoms with Gasteiger partial charge in [0.05, 0.1) is 11.0 Å². The molecule has 134 valence electrons. The van der Waals surface area contributed by atoms with Gasteiger partial charge in [-0.3, -0.25) is 18.7 Å². The Kier molecular flexibility index (Phi) is 4.62. The van der Waals surface area contributed by atoms with Crippen molar-refractivity contribution in [1.82, 2.24) is 9.13 Å². The maximum absolute atomic E-state index is 12.1. The average molecular weight is 353 g/mol. The summed E-state index contributed by atoms with van der Waals surface area (Å²) in [6.07, 6.45) is 0. The van der Waals surface area contributed by atoms with Crippen LogP contribution in [0.2, 0.25) is 0 Å². The molecule has 0 spiro atoms. The van der Waals surface area contributed by atoms with E-state index in [-0.39, 0.29) is 24.0 Å². The monoisotopic (exact) mass is 353 g/mol. The van der Waals surface area contributed by atoms with Gasteiger partial charge in [0.2, 0.25) is 0 Å². The summed E-state index contributed by atoms with van der Waals surface area (Å²) in [7, 11) is 3.38. The number of rotatable bonds is 5. The molecule has 7 heteroatoms. The second kappa shape index (κ2) is 6.87. The van der Waals surface area contributed by atoms with Gasteiger partial charge in [0.1, 0.15) is 5.75 Å². The lowest BCUT2D eigenvalue weighted by molar-refractivity contribution is -0.118. The van der Waals surface area contributed by atoms with Gasteiger partial charge in [0, 0.05) is 25.3 Å². The number of ether oxygens (including phenoxy) is 1. The second-order valence-electron chi connectivity index (χ2n) is 6.02. The van der Waals surface area contributed by atoms with Crippen LogP contribution in [-0.4, -0.2) is 27.4 Å². The molecule has 0 radical (unpaired) electrons. The van der Waals surface area contributed by atoms with E-state index in [9.17, 15) is 14.4 Å². The van der Waals surface area contributed by atoms with Crippen molar-refractivity contribution in [2.45, 2.75) is 6.92 Å². The van der Waals surface area contributed by atoms with Gasteiger partial charge >= 0.3 is 5.69 Å².